The molecule has 1 aliphatic rings. The van der Waals surface area contributed by atoms with Crippen molar-refractivity contribution in [1.82, 2.24) is 9.47 Å². The van der Waals surface area contributed by atoms with Gasteiger partial charge in [-0.3, -0.25) is 19.8 Å². The van der Waals surface area contributed by atoms with Crippen molar-refractivity contribution in [2.24, 2.45) is 0 Å². The highest BCUT2D eigenvalue weighted by Crippen LogP contribution is 2.44. The number of β-amino-alcohol motifs (C(OH)–C–C–N with tert-alkyl or cyclic N) is 1. The smallest absolute Gasteiger partial charge is 0.422 e. The summed E-state index contributed by atoms with van der Waals surface area (Å²) >= 11 is 0. The normalized spacial score (nSPS) is 16.0. The number of likely N-dealkylation sites (tertiary alicyclic amines) is 1. The Morgan fingerprint density at radius 3 is 2.32 bits per heavy atom. The zero-order chi connectivity index (χ0) is 31.5. The van der Waals surface area contributed by atoms with Gasteiger partial charge in [-0.15, -0.1) is 0 Å². The number of carbonyl (C=O) groups excluding carboxylic acids is 1. The van der Waals surface area contributed by atoms with Gasteiger partial charge in [0, 0.05) is 61.9 Å². The Morgan fingerprint density at radius 2 is 1.68 bits per heavy atom. The summed E-state index contributed by atoms with van der Waals surface area (Å²) in [6.45, 7) is 1.54. The first-order valence-corrected chi connectivity index (χ1v) is 14.3. The predicted molar refractivity (Wildman–Crippen MR) is 157 cm³/mol. The van der Waals surface area contributed by atoms with Crippen LogP contribution in [0.15, 0.2) is 79.0 Å². The van der Waals surface area contributed by atoms with Gasteiger partial charge >= 0.3 is 12.1 Å². The molecule has 1 atom stereocenters. The van der Waals surface area contributed by atoms with E-state index in [4.69, 9.17) is 9.47 Å². The minimum atomic E-state index is -5.05. The molecule has 0 saturated carbocycles. The fourth-order valence-electron chi connectivity index (χ4n) is 5.48. The number of alkyl halides is 3. The fourth-order valence-corrected chi connectivity index (χ4v) is 5.48. The number of aromatic nitrogens is 1. The second-order valence-corrected chi connectivity index (χ2v) is 10.8. The number of nitro groups is 1. The number of hydrogen-bond acceptors (Lipinski definition) is 7. The first-order chi connectivity index (χ1) is 21.0. The maximum atomic E-state index is 14.8. The number of fused-ring (bicyclic) bond motifs is 1. The fraction of sp³-hybridized carbons (Fsp3) is 0.344. The SMILES string of the molecule is CCC(=O)Oc1ccccc1OC1CCN(CC(O)(c2cn(Cc3ccccc3)c3cc([N+](=O)[O-])ccc23)C(F)(F)F)CC1. The molecule has 1 N–H and O–H groups in total. The molecule has 1 saturated heterocycles. The van der Waals surface area contributed by atoms with E-state index in [0.717, 1.165) is 11.6 Å². The molecule has 44 heavy (non-hydrogen) atoms. The lowest BCUT2D eigenvalue weighted by atomic mass is 9.91. The van der Waals surface area contributed by atoms with Gasteiger partial charge in [-0.25, -0.2) is 0 Å². The van der Waals surface area contributed by atoms with Gasteiger partial charge in [0.1, 0.15) is 6.10 Å². The van der Waals surface area contributed by atoms with E-state index in [2.05, 4.69) is 0 Å². The number of hydrogen-bond donors (Lipinski definition) is 1. The number of esters is 1. The molecule has 4 aromatic rings. The third-order valence-corrected chi connectivity index (χ3v) is 7.83. The van der Waals surface area contributed by atoms with Crippen molar-refractivity contribution in [3.05, 3.63) is 100 Å². The summed E-state index contributed by atoms with van der Waals surface area (Å²) in [6, 6.07) is 19.4. The third kappa shape index (κ3) is 6.56. The maximum absolute atomic E-state index is 14.8. The van der Waals surface area contributed by atoms with E-state index in [9.17, 15) is 33.2 Å². The Kier molecular flexibility index (Phi) is 8.93. The summed E-state index contributed by atoms with van der Waals surface area (Å²) < 4.78 is 57.3. The quantitative estimate of drug-likeness (QED) is 0.0984. The van der Waals surface area contributed by atoms with E-state index in [1.54, 1.807) is 60.4 Å². The van der Waals surface area contributed by atoms with Crippen molar-refractivity contribution in [2.75, 3.05) is 19.6 Å². The highest BCUT2D eigenvalue weighted by Gasteiger charge is 2.57. The average molecular weight is 612 g/mol. The van der Waals surface area contributed by atoms with Crippen LogP contribution >= 0.6 is 0 Å². The van der Waals surface area contributed by atoms with Gasteiger partial charge < -0.3 is 19.1 Å². The van der Waals surface area contributed by atoms with Gasteiger partial charge in [-0.1, -0.05) is 49.4 Å². The van der Waals surface area contributed by atoms with E-state index in [0.29, 0.717) is 18.6 Å². The van der Waals surface area contributed by atoms with Crippen LogP contribution < -0.4 is 9.47 Å². The van der Waals surface area contributed by atoms with E-state index in [1.807, 2.05) is 6.07 Å². The number of non-ortho nitro benzene ring substituents is 1. The lowest BCUT2D eigenvalue weighted by molar-refractivity contribution is -0.384. The Balaban J connectivity index is 1.39. The molecule has 5 rings (SSSR count). The number of para-hydroxylation sites is 2. The minimum Gasteiger partial charge on any atom is -0.486 e. The number of rotatable bonds is 10. The summed E-state index contributed by atoms with van der Waals surface area (Å²) in [5.74, 6) is 0.238. The van der Waals surface area contributed by atoms with E-state index in [-0.39, 0.29) is 60.1 Å². The summed E-state index contributed by atoms with van der Waals surface area (Å²) in [5, 5.41) is 23.1. The van der Waals surface area contributed by atoms with Crippen LogP contribution in [0, 0.1) is 10.1 Å². The Labute approximate surface area is 251 Å². The van der Waals surface area contributed by atoms with Crippen LogP contribution in [-0.4, -0.2) is 57.4 Å². The van der Waals surface area contributed by atoms with E-state index < -0.39 is 29.2 Å². The monoisotopic (exact) mass is 611 g/mol. The minimum absolute atomic E-state index is 0.0859. The molecule has 0 bridgehead atoms. The molecule has 1 aliphatic heterocycles. The number of nitrogens with zero attached hydrogens (tertiary/aromatic N) is 3. The number of benzene rings is 3. The zero-order valence-corrected chi connectivity index (χ0v) is 24.0. The van der Waals surface area contributed by atoms with Crippen molar-refractivity contribution in [1.29, 1.82) is 0 Å². The zero-order valence-electron chi connectivity index (χ0n) is 24.0. The molecule has 232 valence electrons. The molecule has 0 spiro atoms. The largest absolute Gasteiger partial charge is 0.486 e. The second-order valence-electron chi connectivity index (χ2n) is 10.8. The third-order valence-electron chi connectivity index (χ3n) is 7.83. The highest BCUT2D eigenvalue weighted by atomic mass is 19.4. The van der Waals surface area contributed by atoms with E-state index in [1.165, 1.54) is 22.9 Å². The van der Waals surface area contributed by atoms with Gasteiger partial charge in [-0.2, -0.15) is 13.2 Å². The second kappa shape index (κ2) is 12.7. The van der Waals surface area contributed by atoms with Crippen molar-refractivity contribution in [3.63, 3.8) is 0 Å². The topological polar surface area (TPSA) is 107 Å². The van der Waals surface area contributed by atoms with Crippen molar-refractivity contribution >= 4 is 22.6 Å². The number of ether oxygens (including phenoxy) is 2. The van der Waals surface area contributed by atoms with Gasteiger partial charge in [-0.05, 0) is 36.6 Å². The van der Waals surface area contributed by atoms with Gasteiger partial charge in [0.15, 0.2) is 11.5 Å². The summed E-state index contributed by atoms with van der Waals surface area (Å²) in [6.07, 6.45) is -3.18. The standard InChI is InChI=1S/C32H32F3N3O6/c1-2-30(39)44-29-11-7-6-10-28(29)43-24-14-16-36(17-15-24)21-31(40,32(33,34)35)26-20-37(19-22-8-4-3-5-9-22)27-18-23(38(41)42)12-13-25(26)27/h3-13,18,20,24,40H,2,14-17,19,21H2,1H3. The van der Waals surface area contributed by atoms with Crippen LogP contribution in [0.5, 0.6) is 11.5 Å². The van der Waals surface area contributed by atoms with Gasteiger partial charge in [0.05, 0.1) is 10.4 Å². The number of aliphatic hydroxyl groups is 1. The summed E-state index contributed by atoms with van der Waals surface area (Å²) in [7, 11) is 0. The summed E-state index contributed by atoms with van der Waals surface area (Å²) in [4.78, 5) is 24.2. The number of nitro benzene ring substituents is 1. The molecule has 3 aromatic carbocycles. The maximum Gasteiger partial charge on any atom is 0.422 e. The van der Waals surface area contributed by atoms with Crippen LogP contribution in [0.2, 0.25) is 0 Å². The molecule has 1 aromatic heterocycles. The summed E-state index contributed by atoms with van der Waals surface area (Å²) in [5.41, 5.74) is -2.88. The molecule has 9 nitrogen and oxygen atoms in total. The van der Waals surface area contributed by atoms with Crippen molar-refractivity contribution in [2.45, 2.75) is 50.6 Å². The number of piperidine rings is 1. The molecule has 2 heterocycles. The molecular weight excluding hydrogens is 579 g/mol. The lowest BCUT2D eigenvalue weighted by Crippen LogP contribution is -2.53. The lowest BCUT2D eigenvalue weighted by Gasteiger charge is -2.39. The molecule has 0 radical (unpaired) electrons. The van der Waals surface area contributed by atoms with E-state index >= 15 is 0 Å². The highest BCUT2D eigenvalue weighted by molar-refractivity contribution is 5.87. The van der Waals surface area contributed by atoms with Crippen molar-refractivity contribution < 1.29 is 37.5 Å². The number of halogens is 3. The molecule has 1 fully saturated rings. The van der Waals surface area contributed by atoms with Crippen molar-refractivity contribution in [3.8, 4) is 11.5 Å². The molecule has 12 heteroatoms. The number of carbonyl (C=O) groups is 1. The molecule has 1 unspecified atom stereocenters. The predicted octanol–water partition coefficient (Wildman–Crippen LogP) is 6.21. The van der Waals surface area contributed by atoms with Gasteiger partial charge in [0.2, 0.25) is 5.60 Å². The average Bonchev–Trinajstić information content (AvgIpc) is 3.37. The Hall–Kier alpha value is -4.42. The first-order valence-electron chi connectivity index (χ1n) is 14.3. The van der Waals surface area contributed by atoms with Crippen LogP contribution in [0.25, 0.3) is 10.9 Å². The van der Waals surface area contributed by atoms with Gasteiger partial charge in [0.25, 0.3) is 5.69 Å². The van der Waals surface area contributed by atoms with Crippen LogP contribution in [-0.2, 0) is 16.9 Å². The molecular formula is C32H32F3N3O6. The Bertz CT molecular complexity index is 1630. The molecule has 0 aliphatic carbocycles. The first kappa shape index (κ1) is 31.0. The molecule has 0 amide bonds. The van der Waals surface area contributed by atoms with Crippen LogP contribution in [0.1, 0.15) is 37.3 Å². The Morgan fingerprint density at radius 1 is 1.02 bits per heavy atom. The van der Waals surface area contributed by atoms with Crippen LogP contribution in [0.3, 0.4) is 0 Å². The van der Waals surface area contributed by atoms with Crippen LogP contribution in [0.4, 0.5) is 18.9 Å².